The molecule has 23 heavy (non-hydrogen) atoms. The van der Waals surface area contributed by atoms with Crippen LogP contribution >= 0.6 is 12.6 Å². The van der Waals surface area contributed by atoms with Crippen molar-refractivity contribution >= 4 is 24.8 Å². The first-order valence-electron chi connectivity index (χ1n) is 7.31. The molecule has 0 bridgehead atoms. The zero-order chi connectivity index (χ0) is 16.7. The number of aryl methyl sites for hydroxylation is 1. The molecule has 0 amide bonds. The van der Waals surface area contributed by atoms with E-state index < -0.39 is 0 Å². The molecule has 2 aromatic rings. The van der Waals surface area contributed by atoms with Crippen LogP contribution in [0.4, 0.5) is 0 Å². The standard InChI is InChI=1S/C18H21NO3S/c1-20-16-13-18(22-3)17(21-2)12-14(16)7-8-15-6-4-5-9-19(15)10-11-23/h4-9,12-13H,10-11H2,1-3H3/p+1/b8-7+. The SMILES string of the molecule is COc1cc(OC)c(OC)cc1/C=C/c1cccc[n+]1CCS. The van der Waals surface area contributed by atoms with Crippen LogP contribution in [0.2, 0.25) is 0 Å². The molecule has 5 heteroatoms. The van der Waals surface area contributed by atoms with Crippen LogP contribution in [-0.2, 0) is 6.54 Å². The third-order valence-corrected chi connectivity index (χ3v) is 3.69. The monoisotopic (exact) mass is 332 g/mol. The van der Waals surface area contributed by atoms with Crippen LogP contribution in [0.3, 0.4) is 0 Å². The van der Waals surface area contributed by atoms with Crippen LogP contribution in [0.1, 0.15) is 11.3 Å². The molecule has 0 atom stereocenters. The van der Waals surface area contributed by atoms with Crippen molar-refractivity contribution in [3.8, 4) is 17.2 Å². The normalized spacial score (nSPS) is 10.8. The molecular formula is C18H22NO3S+. The van der Waals surface area contributed by atoms with Gasteiger partial charge in [0.15, 0.2) is 24.2 Å². The molecule has 4 nitrogen and oxygen atoms in total. The molecule has 0 aliphatic rings. The average Bonchev–Trinajstić information content (AvgIpc) is 2.60. The Morgan fingerprint density at radius 3 is 2.30 bits per heavy atom. The first-order chi connectivity index (χ1) is 11.2. The van der Waals surface area contributed by atoms with Crippen molar-refractivity contribution in [1.29, 1.82) is 0 Å². The Bertz CT molecular complexity index is 686. The number of ether oxygens (including phenoxy) is 3. The third kappa shape index (κ3) is 4.20. The number of benzene rings is 1. The minimum Gasteiger partial charge on any atom is -0.496 e. The smallest absolute Gasteiger partial charge is 0.205 e. The van der Waals surface area contributed by atoms with E-state index in [0.717, 1.165) is 29.3 Å². The van der Waals surface area contributed by atoms with Crippen molar-refractivity contribution in [2.75, 3.05) is 27.1 Å². The van der Waals surface area contributed by atoms with Gasteiger partial charge in [-0.2, -0.15) is 17.2 Å². The van der Waals surface area contributed by atoms with E-state index in [1.54, 1.807) is 21.3 Å². The highest BCUT2D eigenvalue weighted by atomic mass is 32.1. The van der Waals surface area contributed by atoms with E-state index in [-0.39, 0.29) is 0 Å². The lowest BCUT2D eigenvalue weighted by molar-refractivity contribution is -0.694. The molecule has 0 spiro atoms. The van der Waals surface area contributed by atoms with Gasteiger partial charge >= 0.3 is 0 Å². The van der Waals surface area contributed by atoms with E-state index in [9.17, 15) is 0 Å². The average molecular weight is 332 g/mol. The topological polar surface area (TPSA) is 31.6 Å². The molecule has 0 saturated carbocycles. The second-order valence-corrected chi connectivity index (χ2v) is 5.27. The van der Waals surface area contributed by atoms with Crippen LogP contribution in [0.25, 0.3) is 12.2 Å². The highest BCUT2D eigenvalue weighted by molar-refractivity contribution is 7.80. The number of thiol groups is 1. The Labute approximate surface area is 142 Å². The number of aromatic nitrogens is 1. The fourth-order valence-electron chi connectivity index (χ4n) is 2.31. The summed E-state index contributed by atoms with van der Waals surface area (Å²) >= 11 is 4.30. The third-order valence-electron chi connectivity index (χ3n) is 3.49. The van der Waals surface area contributed by atoms with Crippen LogP contribution in [0.5, 0.6) is 17.2 Å². The summed E-state index contributed by atoms with van der Waals surface area (Å²) in [6, 6.07) is 9.82. The minimum atomic E-state index is 0.645. The van der Waals surface area contributed by atoms with Crippen molar-refractivity contribution in [1.82, 2.24) is 0 Å². The summed E-state index contributed by atoms with van der Waals surface area (Å²) in [7, 11) is 4.87. The van der Waals surface area contributed by atoms with Gasteiger partial charge in [-0.15, -0.1) is 0 Å². The van der Waals surface area contributed by atoms with Gasteiger partial charge in [0.25, 0.3) is 0 Å². The first-order valence-corrected chi connectivity index (χ1v) is 7.94. The molecule has 0 N–H and O–H groups in total. The number of rotatable bonds is 7. The van der Waals surface area contributed by atoms with Crippen LogP contribution in [0.15, 0.2) is 36.5 Å². The van der Waals surface area contributed by atoms with E-state index in [0.29, 0.717) is 11.5 Å². The maximum Gasteiger partial charge on any atom is 0.205 e. The summed E-state index contributed by atoms with van der Waals surface area (Å²) < 4.78 is 18.3. The zero-order valence-corrected chi connectivity index (χ0v) is 14.5. The molecule has 1 heterocycles. The number of methoxy groups -OCH3 is 3. The van der Waals surface area contributed by atoms with Crippen LogP contribution in [0, 0.1) is 0 Å². The summed E-state index contributed by atoms with van der Waals surface area (Å²) in [6.45, 7) is 0.854. The van der Waals surface area contributed by atoms with Crippen LogP contribution in [-0.4, -0.2) is 27.1 Å². The highest BCUT2D eigenvalue weighted by Crippen LogP contribution is 2.35. The molecule has 0 saturated heterocycles. The minimum absolute atomic E-state index is 0.645. The van der Waals surface area contributed by atoms with Gasteiger partial charge in [0.2, 0.25) is 5.69 Å². The fourth-order valence-corrected chi connectivity index (χ4v) is 2.53. The maximum atomic E-state index is 5.45. The molecule has 122 valence electrons. The van der Waals surface area contributed by atoms with Crippen molar-refractivity contribution in [2.24, 2.45) is 0 Å². The van der Waals surface area contributed by atoms with E-state index in [2.05, 4.69) is 23.3 Å². The number of hydrogen-bond donors (Lipinski definition) is 1. The molecular weight excluding hydrogens is 310 g/mol. The predicted molar refractivity (Wildman–Crippen MR) is 95.5 cm³/mol. The molecule has 0 radical (unpaired) electrons. The summed E-state index contributed by atoms with van der Waals surface area (Å²) in [6.07, 6.45) is 6.10. The Morgan fingerprint density at radius 2 is 1.65 bits per heavy atom. The van der Waals surface area contributed by atoms with E-state index in [1.807, 2.05) is 42.6 Å². The largest absolute Gasteiger partial charge is 0.496 e. The Hall–Kier alpha value is -2.14. The molecule has 1 aromatic carbocycles. The number of nitrogens with zero attached hydrogens (tertiary/aromatic N) is 1. The van der Waals surface area contributed by atoms with Crippen molar-refractivity contribution in [3.63, 3.8) is 0 Å². The first kappa shape index (κ1) is 17.2. The quantitative estimate of drug-likeness (QED) is 0.624. The second kappa shape index (κ2) is 8.48. The Morgan fingerprint density at radius 1 is 0.957 bits per heavy atom. The van der Waals surface area contributed by atoms with E-state index >= 15 is 0 Å². The zero-order valence-electron chi connectivity index (χ0n) is 13.7. The second-order valence-electron chi connectivity index (χ2n) is 4.82. The molecule has 0 aliphatic carbocycles. The van der Waals surface area contributed by atoms with Gasteiger partial charge in [0, 0.05) is 35.6 Å². The van der Waals surface area contributed by atoms with Gasteiger partial charge in [-0.1, -0.05) is 0 Å². The van der Waals surface area contributed by atoms with Gasteiger partial charge in [-0.05, 0) is 18.2 Å². The van der Waals surface area contributed by atoms with E-state index in [4.69, 9.17) is 14.2 Å². The van der Waals surface area contributed by atoms with Gasteiger partial charge in [0.05, 0.1) is 21.3 Å². The lowest BCUT2D eigenvalue weighted by Crippen LogP contribution is -2.37. The van der Waals surface area contributed by atoms with Gasteiger partial charge in [-0.3, -0.25) is 0 Å². The summed E-state index contributed by atoms with van der Waals surface area (Å²) in [5.74, 6) is 2.83. The maximum absolute atomic E-state index is 5.45. The van der Waals surface area contributed by atoms with Crippen molar-refractivity contribution < 1.29 is 18.8 Å². The van der Waals surface area contributed by atoms with Gasteiger partial charge in [0.1, 0.15) is 5.75 Å². The molecule has 0 unspecified atom stereocenters. The fraction of sp³-hybridized carbons (Fsp3) is 0.278. The molecule has 1 aromatic heterocycles. The highest BCUT2D eigenvalue weighted by Gasteiger charge is 2.11. The van der Waals surface area contributed by atoms with Gasteiger partial charge < -0.3 is 14.2 Å². The Balaban J connectivity index is 2.39. The van der Waals surface area contributed by atoms with E-state index in [1.165, 1.54) is 0 Å². The molecule has 0 aliphatic heterocycles. The van der Waals surface area contributed by atoms with Crippen LogP contribution < -0.4 is 18.8 Å². The molecule has 2 rings (SSSR count). The summed E-state index contributed by atoms with van der Waals surface area (Å²) in [5.41, 5.74) is 2.02. The number of hydrogen-bond acceptors (Lipinski definition) is 4. The van der Waals surface area contributed by atoms with Crippen molar-refractivity contribution in [3.05, 3.63) is 47.8 Å². The summed E-state index contributed by atoms with van der Waals surface area (Å²) in [4.78, 5) is 0. The Kier molecular flexibility index (Phi) is 6.35. The predicted octanol–water partition coefficient (Wildman–Crippen LogP) is 3.10. The number of pyridine rings is 1. The lowest BCUT2D eigenvalue weighted by atomic mass is 10.1. The molecule has 0 fully saturated rings. The van der Waals surface area contributed by atoms with Crippen molar-refractivity contribution in [2.45, 2.75) is 6.54 Å². The lowest BCUT2D eigenvalue weighted by Gasteiger charge is -2.12. The van der Waals surface area contributed by atoms with Gasteiger partial charge in [-0.25, -0.2) is 0 Å². The summed E-state index contributed by atoms with van der Waals surface area (Å²) in [5, 5.41) is 0.